The molecule has 2 aromatic heterocycles. The number of fused-ring (bicyclic) bond motifs is 5. The molecule has 0 amide bonds. The lowest BCUT2D eigenvalue weighted by Gasteiger charge is -2.39. The minimum atomic E-state index is 0.550. The maximum Gasteiger partial charge on any atom is 0.223 e. The predicted octanol–water partition coefficient (Wildman–Crippen LogP) is 4.08. The molecule has 7 rings (SSSR count). The Labute approximate surface area is 182 Å². The average molecular weight is 414 g/mol. The quantitative estimate of drug-likeness (QED) is 0.699. The number of pyridine rings is 1. The number of anilines is 1. The summed E-state index contributed by atoms with van der Waals surface area (Å²) in [5.74, 6) is 1.88. The minimum absolute atomic E-state index is 0.550. The predicted molar refractivity (Wildman–Crippen MR) is 120 cm³/mol. The van der Waals surface area contributed by atoms with Gasteiger partial charge >= 0.3 is 0 Å². The van der Waals surface area contributed by atoms with Crippen molar-refractivity contribution in [2.24, 2.45) is 0 Å². The van der Waals surface area contributed by atoms with Crippen molar-refractivity contribution in [1.29, 1.82) is 0 Å². The van der Waals surface area contributed by atoms with Crippen molar-refractivity contribution in [1.82, 2.24) is 20.1 Å². The second kappa shape index (κ2) is 6.82. The number of rotatable bonds is 4. The first-order valence-corrected chi connectivity index (χ1v) is 11.6. The van der Waals surface area contributed by atoms with Crippen LogP contribution in [0.5, 0.6) is 5.88 Å². The second-order valence-corrected chi connectivity index (χ2v) is 9.50. The van der Waals surface area contributed by atoms with Crippen molar-refractivity contribution in [3.05, 3.63) is 54.4 Å². The van der Waals surface area contributed by atoms with Gasteiger partial charge in [-0.2, -0.15) is 10.1 Å². The molecule has 2 unspecified atom stereocenters. The summed E-state index contributed by atoms with van der Waals surface area (Å²) in [4.78, 5) is 7.69. The van der Waals surface area contributed by atoms with Crippen LogP contribution in [0, 0.1) is 0 Å². The van der Waals surface area contributed by atoms with Crippen molar-refractivity contribution < 1.29 is 4.74 Å². The number of nitrogens with one attached hydrogen (secondary N) is 1. The van der Waals surface area contributed by atoms with Crippen molar-refractivity contribution in [3.8, 4) is 22.7 Å². The molecule has 1 saturated carbocycles. The molecule has 1 N–H and O–H groups in total. The van der Waals surface area contributed by atoms with Gasteiger partial charge in [0, 0.05) is 42.1 Å². The zero-order valence-electron chi connectivity index (χ0n) is 17.6. The van der Waals surface area contributed by atoms with Crippen molar-refractivity contribution in [2.45, 2.75) is 69.3 Å². The summed E-state index contributed by atoms with van der Waals surface area (Å²) in [5.41, 5.74) is 4.55. The first-order valence-electron chi connectivity index (χ1n) is 11.6. The lowest BCUT2D eigenvalue weighted by molar-refractivity contribution is 0.289. The van der Waals surface area contributed by atoms with Gasteiger partial charge < -0.3 is 15.0 Å². The van der Waals surface area contributed by atoms with Crippen molar-refractivity contribution in [3.63, 3.8) is 0 Å². The van der Waals surface area contributed by atoms with E-state index >= 15 is 0 Å². The Balaban J connectivity index is 1.22. The van der Waals surface area contributed by atoms with Crippen LogP contribution in [0.4, 0.5) is 5.82 Å². The van der Waals surface area contributed by atoms with Crippen molar-refractivity contribution >= 4 is 5.82 Å². The van der Waals surface area contributed by atoms with Crippen LogP contribution in [-0.4, -0.2) is 38.9 Å². The number of nitrogens with zero attached hydrogens (tertiary/aromatic N) is 4. The Hall–Kier alpha value is -2.86. The lowest BCUT2D eigenvalue weighted by Crippen LogP contribution is -2.49. The topological polar surface area (TPSA) is 55.2 Å². The summed E-state index contributed by atoms with van der Waals surface area (Å²) in [6.45, 7) is 0.550. The SMILES string of the molecule is c1cnn(-c2ccc3c(c2)COc2nc(N(C4CC4)C4CC5CCC(C4)N5)ccc2-3)c1. The molecule has 5 heterocycles. The molecule has 0 spiro atoms. The van der Waals surface area contributed by atoms with Crippen LogP contribution in [-0.2, 0) is 6.61 Å². The molecule has 3 aliphatic heterocycles. The van der Waals surface area contributed by atoms with E-state index in [2.05, 4.69) is 45.6 Å². The van der Waals surface area contributed by atoms with Gasteiger partial charge in [0.15, 0.2) is 0 Å². The maximum absolute atomic E-state index is 6.18. The van der Waals surface area contributed by atoms with E-state index < -0.39 is 0 Å². The van der Waals surface area contributed by atoms with Gasteiger partial charge in [0.05, 0.1) is 5.69 Å². The summed E-state index contributed by atoms with van der Waals surface area (Å²) in [5, 5.41) is 8.13. The van der Waals surface area contributed by atoms with Gasteiger partial charge in [0.1, 0.15) is 12.4 Å². The highest BCUT2D eigenvalue weighted by Crippen LogP contribution is 2.42. The first-order chi connectivity index (χ1) is 15.3. The molecule has 158 valence electrons. The highest BCUT2D eigenvalue weighted by atomic mass is 16.5. The van der Waals surface area contributed by atoms with Crippen LogP contribution in [0.2, 0.25) is 0 Å². The number of aromatic nitrogens is 3. The molecule has 2 bridgehead atoms. The van der Waals surface area contributed by atoms with Crippen LogP contribution in [0.25, 0.3) is 16.8 Å². The van der Waals surface area contributed by atoms with E-state index in [9.17, 15) is 0 Å². The molecule has 6 nitrogen and oxygen atoms in total. The molecule has 4 aliphatic rings. The summed E-state index contributed by atoms with van der Waals surface area (Å²) in [6.07, 6.45) is 11.5. The molecule has 2 atom stereocenters. The number of hydrogen-bond acceptors (Lipinski definition) is 5. The number of ether oxygens (including phenoxy) is 1. The highest BCUT2D eigenvalue weighted by Gasteiger charge is 2.41. The first kappa shape index (κ1) is 17.8. The van der Waals surface area contributed by atoms with Gasteiger partial charge in [-0.1, -0.05) is 6.07 Å². The monoisotopic (exact) mass is 413 g/mol. The van der Waals surface area contributed by atoms with Crippen LogP contribution < -0.4 is 15.0 Å². The van der Waals surface area contributed by atoms with E-state index in [-0.39, 0.29) is 0 Å². The zero-order valence-corrected chi connectivity index (χ0v) is 17.6. The van der Waals surface area contributed by atoms with Gasteiger partial charge in [-0.05, 0) is 80.0 Å². The third-order valence-corrected chi connectivity index (χ3v) is 7.40. The van der Waals surface area contributed by atoms with Crippen LogP contribution >= 0.6 is 0 Å². The molecule has 3 aromatic rings. The Morgan fingerprint density at radius 2 is 1.81 bits per heavy atom. The molecule has 6 heteroatoms. The normalized spacial score (nSPS) is 26.1. The number of hydrogen-bond donors (Lipinski definition) is 1. The van der Waals surface area contributed by atoms with Gasteiger partial charge in [-0.3, -0.25) is 0 Å². The molecule has 1 aliphatic carbocycles. The average Bonchev–Trinajstić information content (AvgIpc) is 3.35. The maximum atomic E-state index is 6.18. The number of piperidine rings is 1. The Kier molecular flexibility index (Phi) is 3.91. The summed E-state index contributed by atoms with van der Waals surface area (Å²) in [6, 6.07) is 15.5. The van der Waals surface area contributed by atoms with Crippen LogP contribution in [0.3, 0.4) is 0 Å². The van der Waals surface area contributed by atoms with E-state index in [1.54, 1.807) is 6.20 Å². The molecule has 31 heavy (non-hydrogen) atoms. The van der Waals surface area contributed by atoms with Gasteiger partial charge in [-0.15, -0.1) is 0 Å². The van der Waals surface area contributed by atoms with E-state index in [1.165, 1.54) is 49.7 Å². The molecule has 0 radical (unpaired) electrons. The second-order valence-electron chi connectivity index (χ2n) is 9.50. The summed E-state index contributed by atoms with van der Waals surface area (Å²) >= 11 is 0. The van der Waals surface area contributed by atoms with E-state index in [1.807, 2.05) is 16.9 Å². The fourth-order valence-electron chi connectivity index (χ4n) is 5.84. The third kappa shape index (κ3) is 3.04. The standard InChI is InChI=1S/C25H27N5O/c1-10-26-29(11-1)20-6-7-22-16(12-20)15-31-25-23(22)8-9-24(28-25)30(19-4-5-19)21-13-17-2-3-18(14-21)27-17/h1,6-12,17-19,21,27H,2-5,13-15H2. The van der Waals surface area contributed by atoms with Crippen LogP contribution in [0.15, 0.2) is 48.8 Å². The molecular formula is C25H27N5O. The van der Waals surface area contributed by atoms with E-state index in [4.69, 9.17) is 9.72 Å². The van der Waals surface area contributed by atoms with E-state index in [0.29, 0.717) is 30.8 Å². The highest BCUT2D eigenvalue weighted by molar-refractivity contribution is 5.75. The lowest BCUT2D eigenvalue weighted by atomic mass is 9.97. The largest absolute Gasteiger partial charge is 0.472 e. The fourth-order valence-corrected chi connectivity index (χ4v) is 5.84. The van der Waals surface area contributed by atoms with Gasteiger partial charge in [0.2, 0.25) is 5.88 Å². The molecule has 2 saturated heterocycles. The summed E-state index contributed by atoms with van der Waals surface area (Å²) < 4.78 is 8.06. The fraction of sp³-hybridized carbons (Fsp3) is 0.440. The van der Waals surface area contributed by atoms with Crippen LogP contribution in [0.1, 0.15) is 44.1 Å². The summed E-state index contributed by atoms with van der Waals surface area (Å²) in [7, 11) is 0. The minimum Gasteiger partial charge on any atom is -0.472 e. The third-order valence-electron chi connectivity index (χ3n) is 7.40. The smallest absolute Gasteiger partial charge is 0.223 e. The molecule has 1 aromatic carbocycles. The van der Waals surface area contributed by atoms with Gasteiger partial charge in [0.25, 0.3) is 0 Å². The number of benzene rings is 1. The molecular weight excluding hydrogens is 386 g/mol. The van der Waals surface area contributed by atoms with E-state index in [0.717, 1.165) is 22.9 Å². The Morgan fingerprint density at radius 1 is 0.968 bits per heavy atom. The molecule has 3 fully saturated rings. The zero-order chi connectivity index (χ0) is 20.4. The Bertz CT molecular complexity index is 1110. The van der Waals surface area contributed by atoms with Crippen molar-refractivity contribution in [2.75, 3.05) is 4.90 Å². The van der Waals surface area contributed by atoms with Gasteiger partial charge in [-0.25, -0.2) is 4.68 Å². The Morgan fingerprint density at radius 3 is 2.58 bits per heavy atom.